The molecule has 4 nitrogen and oxygen atoms in total. The Balaban J connectivity index is 2.48. The van der Waals surface area contributed by atoms with Gasteiger partial charge in [-0.2, -0.15) is 5.26 Å². The molecule has 7 heteroatoms. The van der Waals surface area contributed by atoms with Gasteiger partial charge in [-0.05, 0) is 12.1 Å². The summed E-state index contributed by atoms with van der Waals surface area (Å²) in [7, 11) is 0. The van der Waals surface area contributed by atoms with Gasteiger partial charge in [-0.3, -0.25) is 4.79 Å². The highest BCUT2D eigenvalue weighted by Gasteiger charge is 2.24. The second kappa shape index (κ2) is 5.12. The Kier molecular flexibility index (Phi) is 3.53. The van der Waals surface area contributed by atoms with Crippen LogP contribution in [-0.4, -0.2) is 16.1 Å². The lowest BCUT2D eigenvalue weighted by atomic mass is 10.1. The van der Waals surface area contributed by atoms with E-state index in [-0.39, 0.29) is 16.3 Å². The highest BCUT2D eigenvalue weighted by molar-refractivity contribution is 7.10. The smallest absolute Gasteiger partial charge is 0.328 e. The molecule has 1 atom stereocenters. The molecule has 1 unspecified atom stereocenters. The van der Waals surface area contributed by atoms with Crippen molar-refractivity contribution in [3.63, 3.8) is 0 Å². The number of nitrogens with zero attached hydrogens (tertiary/aromatic N) is 2. The van der Waals surface area contributed by atoms with Crippen LogP contribution in [0.3, 0.4) is 0 Å². The van der Waals surface area contributed by atoms with Crippen LogP contribution in [0.2, 0.25) is 0 Å². The van der Waals surface area contributed by atoms with Crippen LogP contribution in [0.25, 0.3) is 11.3 Å². The number of carbonyl (C=O) groups is 1. The molecule has 0 bridgehead atoms. The lowest BCUT2D eigenvalue weighted by Crippen LogP contribution is -2.08. The fourth-order valence-corrected chi connectivity index (χ4v) is 2.34. The van der Waals surface area contributed by atoms with Gasteiger partial charge in [0.1, 0.15) is 16.6 Å². The summed E-state index contributed by atoms with van der Waals surface area (Å²) in [5.41, 5.74) is -0.343. The molecule has 0 spiro atoms. The molecular weight excluding hydrogens is 274 g/mol. The second-order valence-corrected chi connectivity index (χ2v) is 4.46. The van der Waals surface area contributed by atoms with Gasteiger partial charge in [0.2, 0.25) is 0 Å². The second-order valence-electron chi connectivity index (χ2n) is 3.57. The van der Waals surface area contributed by atoms with Gasteiger partial charge in [-0.15, -0.1) is 11.3 Å². The number of carboxylic acid groups (broad SMARTS) is 1. The quantitative estimate of drug-likeness (QED) is 0.938. The monoisotopic (exact) mass is 280 g/mol. The number of nitriles is 1. The van der Waals surface area contributed by atoms with E-state index in [0.717, 1.165) is 23.5 Å². The summed E-state index contributed by atoms with van der Waals surface area (Å²) >= 11 is 0.875. The van der Waals surface area contributed by atoms with E-state index in [0.29, 0.717) is 0 Å². The zero-order valence-corrected chi connectivity index (χ0v) is 10.1. The standard InChI is InChI=1S/C12H6F2N2O2S/c13-7-2-1-3-8(14)10(7)9-5-19-11(16-9)6(4-15)12(17)18/h1-3,5-6H,(H,17,18). The van der Waals surface area contributed by atoms with E-state index in [1.165, 1.54) is 11.4 Å². The van der Waals surface area contributed by atoms with Crippen molar-refractivity contribution in [2.24, 2.45) is 0 Å². The van der Waals surface area contributed by atoms with Gasteiger partial charge in [0, 0.05) is 5.38 Å². The largest absolute Gasteiger partial charge is 0.480 e. The summed E-state index contributed by atoms with van der Waals surface area (Å²) in [4.78, 5) is 14.6. The fraction of sp³-hybridized carbons (Fsp3) is 0.0833. The van der Waals surface area contributed by atoms with Crippen molar-refractivity contribution in [3.05, 3.63) is 40.2 Å². The van der Waals surface area contributed by atoms with Crippen molar-refractivity contribution in [1.82, 2.24) is 4.98 Å². The molecule has 96 valence electrons. The van der Waals surface area contributed by atoms with Crippen molar-refractivity contribution < 1.29 is 18.7 Å². The molecule has 0 saturated carbocycles. The van der Waals surface area contributed by atoms with Gasteiger partial charge >= 0.3 is 5.97 Å². The number of hydrogen-bond acceptors (Lipinski definition) is 4. The molecule has 1 aromatic heterocycles. The number of aromatic nitrogens is 1. The molecule has 0 fully saturated rings. The Hall–Kier alpha value is -2.33. The van der Waals surface area contributed by atoms with E-state index in [4.69, 9.17) is 10.4 Å². The maximum atomic E-state index is 13.5. The van der Waals surface area contributed by atoms with E-state index in [1.54, 1.807) is 6.07 Å². The number of aliphatic carboxylic acids is 1. The maximum absolute atomic E-state index is 13.5. The number of halogens is 2. The first-order valence-corrected chi connectivity index (χ1v) is 5.94. The molecule has 0 aliphatic carbocycles. The first kappa shape index (κ1) is 13.1. The van der Waals surface area contributed by atoms with E-state index in [9.17, 15) is 13.6 Å². The zero-order chi connectivity index (χ0) is 14.0. The maximum Gasteiger partial charge on any atom is 0.328 e. The van der Waals surface area contributed by atoms with Gasteiger partial charge in [0.25, 0.3) is 0 Å². The molecule has 1 N–H and O–H groups in total. The SMILES string of the molecule is N#CC(C(=O)O)c1nc(-c2c(F)cccc2F)cs1. The molecule has 0 aliphatic heterocycles. The Labute approximate surface area is 110 Å². The van der Waals surface area contributed by atoms with Crippen molar-refractivity contribution >= 4 is 17.3 Å². The molecule has 1 aromatic carbocycles. The van der Waals surface area contributed by atoms with Gasteiger partial charge in [-0.25, -0.2) is 13.8 Å². The summed E-state index contributed by atoms with van der Waals surface area (Å²) < 4.78 is 27.1. The van der Waals surface area contributed by atoms with Gasteiger partial charge in [0.05, 0.1) is 17.3 Å². The van der Waals surface area contributed by atoms with E-state index in [1.807, 2.05) is 0 Å². The zero-order valence-electron chi connectivity index (χ0n) is 9.30. The van der Waals surface area contributed by atoms with Gasteiger partial charge in [-0.1, -0.05) is 6.07 Å². The van der Waals surface area contributed by atoms with Gasteiger partial charge in [0.15, 0.2) is 5.92 Å². The van der Waals surface area contributed by atoms with Crippen LogP contribution >= 0.6 is 11.3 Å². The number of carboxylic acids is 1. The summed E-state index contributed by atoms with van der Waals surface area (Å²) in [5, 5.41) is 18.9. The summed E-state index contributed by atoms with van der Waals surface area (Å²) in [5.74, 6) is -4.37. The predicted molar refractivity (Wildman–Crippen MR) is 63.5 cm³/mol. The first-order valence-electron chi connectivity index (χ1n) is 5.07. The summed E-state index contributed by atoms with van der Waals surface area (Å²) in [6.45, 7) is 0. The molecule has 0 radical (unpaired) electrons. The Morgan fingerprint density at radius 1 is 1.42 bits per heavy atom. The Morgan fingerprint density at radius 3 is 2.58 bits per heavy atom. The fourth-order valence-electron chi connectivity index (χ4n) is 1.49. The number of thiazole rings is 1. The predicted octanol–water partition coefficient (Wildman–Crippen LogP) is 2.78. The summed E-state index contributed by atoms with van der Waals surface area (Å²) in [6.07, 6.45) is 0. The Morgan fingerprint density at radius 2 is 2.05 bits per heavy atom. The number of benzene rings is 1. The lowest BCUT2D eigenvalue weighted by Gasteiger charge is -2.01. The molecule has 1 heterocycles. The third-order valence-corrected chi connectivity index (χ3v) is 3.27. The van der Waals surface area contributed by atoms with Gasteiger partial charge < -0.3 is 5.11 Å². The number of hydrogen-bond donors (Lipinski definition) is 1. The molecule has 2 aromatic rings. The Bertz CT molecular complexity index is 658. The van der Waals surface area contributed by atoms with E-state index >= 15 is 0 Å². The van der Waals surface area contributed by atoms with Crippen LogP contribution in [0.4, 0.5) is 8.78 Å². The van der Waals surface area contributed by atoms with E-state index < -0.39 is 23.5 Å². The van der Waals surface area contributed by atoms with Crippen LogP contribution in [-0.2, 0) is 4.79 Å². The highest BCUT2D eigenvalue weighted by Crippen LogP contribution is 2.29. The third kappa shape index (κ3) is 2.44. The van der Waals surface area contributed by atoms with Crippen LogP contribution in [0.5, 0.6) is 0 Å². The molecule has 0 saturated heterocycles. The lowest BCUT2D eigenvalue weighted by molar-refractivity contribution is -0.137. The summed E-state index contributed by atoms with van der Waals surface area (Å²) in [6, 6.07) is 4.95. The normalized spacial score (nSPS) is 11.8. The highest BCUT2D eigenvalue weighted by atomic mass is 32.1. The minimum atomic E-state index is -1.44. The molecule has 19 heavy (non-hydrogen) atoms. The topological polar surface area (TPSA) is 74.0 Å². The minimum Gasteiger partial charge on any atom is -0.480 e. The molecular formula is C12H6F2N2O2S. The van der Waals surface area contributed by atoms with Crippen LogP contribution in [0, 0.1) is 23.0 Å². The number of rotatable bonds is 3. The van der Waals surface area contributed by atoms with Crippen molar-refractivity contribution in [2.45, 2.75) is 5.92 Å². The third-order valence-electron chi connectivity index (χ3n) is 2.36. The molecule has 0 amide bonds. The first-order chi connectivity index (χ1) is 9.04. The van der Waals surface area contributed by atoms with Crippen molar-refractivity contribution in [1.29, 1.82) is 5.26 Å². The van der Waals surface area contributed by atoms with Crippen molar-refractivity contribution in [2.75, 3.05) is 0 Å². The van der Waals surface area contributed by atoms with Crippen LogP contribution < -0.4 is 0 Å². The van der Waals surface area contributed by atoms with Crippen LogP contribution in [0.15, 0.2) is 23.6 Å². The average molecular weight is 280 g/mol. The van der Waals surface area contributed by atoms with E-state index in [2.05, 4.69) is 4.98 Å². The molecule has 0 aliphatic rings. The minimum absolute atomic E-state index is 0.00680. The van der Waals surface area contributed by atoms with Crippen LogP contribution in [0.1, 0.15) is 10.9 Å². The van der Waals surface area contributed by atoms with Crippen molar-refractivity contribution in [3.8, 4) is 17.3 Å². The molecule has 2 rings (SSSR count). The average Bonchev–Trinajstić information content (AvgIpc) is 2.78.